The van der Waals surface area contributed by atoms with Gasteiger partial charge in [0.2, 0.25) is 0 Å². The molecule has 89 heavy (non-hydrogen) atoms. The summed E-state index contributed by atoms with van der Waals surface area (Å²) in [6.07, 6.45) is 0. The summed E-state index contributed by atoms with van der Waals surface area (Å²) in [4.78, 5) is 39.3. The maximum Gasteiger partial charge on any atom is 2.00 e. The first-order valence-corrected chi connectivity index (χ1v) is 27.8. The summed E-state index contributed by atoms with van der Waals surface area (Å²) < 4.78 is 29.0. The maximum absolute atomic E-state index is 6.63. The van der Waals surface area contributed by atoms with Crippen LogP contribution < -0.4 is 36.9 Å². The van der Waals surface area contributed by atoms with Crippen LogP contribution in [0.2, 0.25) is 0 Å². The molecule has 21 heteroatoms. The maximum atomic E-state index is 6.63. The van der Waals surface area contributed by atoms with Gasteiger partial charge in [-0.05, 0) is 121 Å². The van der Waals surface area contributed by atoms with Crippen LogP contribution in [-0.4, -0.2) is 124 Å². The summed E-state index contributed by atoms with van der Waals surface area (Å²) in [7, 11) is 25.6. The number of nitrogens with zero attached hydrogens (tertiary/aromatic N) is 10. The SMILES string of the molecule is C[N+](C)(C)c1cccc(Oc2ccc3c(c2)-c2nc-3nc3[nH]c(nc4nc(nc5[nH]c(n2)c2ccc(Oc6cccc([N+](C)(C)C)c6)cc52)-c2ccc(Oc5cccc([N+](C)(C)C)c5)cc2-4)c2ccc(Oc4cccc([N+](C)(C)C)c4)cc32)c1.Cl.Cl.Cl.Cl.[Zn+2]. The molecule has 13 rings (SSSR count). The van der Waals surface area contributed by atoms with Crippen molar-refractivity contribution in [2.45, 2.75) is 0 Å². The second kappa shape index (κ2) is 25.4. The summed E-state index contributed by atoms with van der Waals surface area (Å²) >= 11 is 0. The van der Waals surface area contributed by atoms with Gasteiger partial charge in [0, 0.05) is 68.1 Å². The van der Waals surface area contributed by atoms with E-state index >= 15 is 0 Å². The standard InChI is InChI=1S/C68H66N12O4.4ClH.Zn/c1-77(2,3)41-17-13-21-45(33-41)81-49-25-29-53-57(37-49)65-69-61(53)74-66-59-39-51(83-47-23-15-19-43(35-47)79(7,8)9)27-31-55(59)63(71-66)76-68-60-40-52(84-48-24-16-20-44(36-48)80(10,11)12)28-32-56(60)64(72-68)75-67-58-38-50(26-30-54(58)62(70-67)73-65)82-46-22-14-18-42(34-46)78(4,5)6;;;;;/h13-40H,1-12H3,(H2,69,70,71,72,73,74,75,76);4*1H;/q+4;;;;;+2. The van der Waals surface area contributed by atoms with Crippen molar-refractivity contribution in [2.75, 3.05) is 84.6 Å². The predicted molar refractivity (Wildman–Crippen MR) is 369 cm³/mol. The zero-order chi connectivity index (χ0) is 58.5. The van der Waals surface area contributed by atoms with E-state index in [1.165, 1.54) is 0 Å². The van der Waals surface area contributed by atoms with Crippen molar-refractivity contribution in [3.63, 3.8) is 0 Å². The molecule has 0 saturated heterocycles. The van der Waals surface area contributed by atoms with Crippen LogP contribution in [0.3, 0.4) is 0 Å². The van der Waals surface area contributed by atoms with Gasteiger partial charge in [0.1, 0.15) is 91.3 Å². The Hall–Kier alpha value is -8.06. The largest absolute Gasteiger partial charge is 2.00 e. The Morgan fingerprint density at radius 3 is 0.798 bits per heavy atom. The number of H-pyrrole nitrogens is 2. The average molecular weight is 1330 g/mol. The molecule has 0 fully saturated rings. The van der Waals surface area contributed by atoms with Crippen LogP contribution in [-0.2, 0) is 19.5 Å². The Balaban J connectivity index is 0.00000205. The van der Waals surface area contributed by atoms with E-state index in [-0.39, 0.29) is 69.1 Å². The van der Waals surface area contributed by atoms with Gasteiger partial charge in [-0.25, -0.2) is 29.9 Å². The number of ether oxygens (including phenoxy) is 4. The molecule has 0 radical (unpaired) electrons. The van der Waals surface area contributed by atoms with Gasteiger partial charge in [0.15, 0.2) is 23.3 Å². The Bertz CT molecular complexity index is 4370. The summed E-state index contributed by atoms with van der Waals surface area (Å²) in [6.45, 7) is 0. The third kappa shape index (κ3) is 13.7. The van der Waals surface area contributed by atoms with Crippen LogP contribution in [0.4, 0.5) is 22.7 Å². The Morgan fingerprint density at radius 2 is 0.506 bits per heavy atom. The number of aromatic nitrogens is 8. The smallest absolute Gasteiger partial charge is 0.457 e. The molecule has 2 N–H and O–H groups in total. The van der Waals surface area contributed by atoms with Crippen LogP contribution in [0, 0.1) is 0 Å². The minimum absolute atomic E-state index is 0. The van der Waals surface area contributed by atoms with E-state index in [1.807, 2.05) is 121 Å². The number of aromatic amines is 2. The summed E-state index contributed by atoms with van der Waals surface area (Å²) in [5.41, 5.74) is 9.46. The number of benzene rings is 8. The van der Waals surface area contributed by atoms with E-state index < -0.39 is 0 Å². The third-order valence-corrected chi connectivity index (χ3v) is 15.0. The molecule has 8 bridgehead atoms. The van der Waals surface area contributed by atoms with Crippen molar-refractivity contribution in [2.24, 2.45) is 0 Å². The first-order chi connectivity index (χ1) is 40.0. The summed E-state index contributed by atoms with van der Waals surface area (Å²) in [6, 6.07) is 56.2. The Labute approximate surface area is 555 Å². The zero-order valence-corrected chi connectivity index (χ0v) is 57.8. The van der Waals surface area contributed by atoms with Gasteiger partial charge in [-0.2, -0.15) is 0 Å². The fraction of sp³-hybridized carbons (Fsp3) is 0.176. The second-order valence-electron chi connectivity index (χ2n) is 24.9. The molecule has 0 atom stereocenters. The van der Waals surface area contributed by atoms with Crippen LogP contribution in [0.5, 0.6) is 46.0 Å². The van der Waals surface area contributed by atoms with Crippen molar-refractivity contribution in [1.82, 2.24) is 57.8 Å². The zero-order valence-electron chi connectivity index (χ0n) is 51.6. The minimum atomic E-state index is 0. The molecule has 5 heterocycles. The predicted octanol–water partition coefficient (Wildman–Crippen LogP) is 16.5. The van der Waals surface area contributed by atoms with Crippen molar-refractivity contribution in [3.05, 3.63) is 170 Å². The van der Waals surface area contributed by atoms with Gasteiger partial charge >= 0.3 is 19.5 Å². The molecule has 2 aliphatic heterocycles. The van der Waals surface area contributed by atoms with Gasteiger partial charge in [-0.15, -0.1) is 49.6 Å². The number of hydrogen-bond acceptors (Lipinski definition) is 10. The van der Waals surface area contributed by atoms with Crippen molar-refractivity contribution in [3.8, 4) is 91.5 Å². The Morgan fingerprint density at radius 1 is 0.258 bits per heavy atom. The fourth-order valence-electron chi connectivity index (χ4n) is 10.4. The number of nitrogens with one attached hydrogen (secondary N) is 2. The van der Waals surface area contributed by atoms with Gasteiger partial charge < -0.3 is 28.9 Å². The van der Waals surface area contributed by atoms with Gasteiger partial charge in [0.25, 0.3) is 0 Å². The van der Waals surface area contributed by atoms with Crippen LogP contribution in [0.15, 0.2) is 170 Å². The fourth-order valence-corrected chi connectivity index (χ4v) is 10.4. The molecule has 8 aromatic carbocycles. The monoisotopic (exact) mass is 1320 g/mol. The van der Waals surface area contributed by atoms with Crippen LogP contribution >= 0.6 is 49.6 Å². The molecular formula is C68H70Cl4N12O4Zn+6. The molecule has 0 spiro atoms. The summed E-state index contributed by atoms with van der Waals surface area (Å²) in [5.74, 6) is 7.03. The molecule has 0 aliphatic carbocycles. The van der Waals surface area contributed by atoms with Crippen LogP contribution in [0.1, 0.15) is 0 Å². The van der Waals surface area contributed by atoms with Crippen molar-refractivity contribution >= 4 is 117 Å². The van der Waals surface area contributed by atoms with E-state index in [4.69, 9.17) is 48.9 Å². The normalized spacial score (nSPS) is 11.8. The number of halogens is 4. The molecule has 0 unspecified atom stereocenters. The first kappa shape index (κ1) is 66.9. The van der Waals surface area contributed by atoms with Gasteiger partial charge in [-0.3, -0.25) is 17.9 Å². The number of hydrogen-bond donors (Lipinski definition) is 2. The number of fused-ring (bicyclic) bond motifs is 20. The topological polar surface area (TPSA) is 146 Å². The molecule has 0 saturated carbocycles. The van der Waals surface area contributed by atoms with E-state index in [9.17, 15) is 0 Å². The van der Waals surface area contributed by atoms with Gasteiger partial charge in [0.05, 0.1) is 84.6 Å². The van der Waals surface area contributed by atoms with E-state index in [1.54, 1.807) is 0 Å². The molecule has 3 aromatic heterocycles. The van der Waals surface area contributed by atoms with E-state index in [0.29, 0.717) is 110 Å². The quantitative estimate of drug-likeness (QED) is 0.0895. The molecule has 11 aromatic rings. The first-order valence-electron chi connectivity index (χ1n) is 27.8. The minimum Gasteiger partial charge on any atom is -0.457 e. The summed E-state index contributed by atoms with van der Waals surface area (Å²) in [5, 5.41) is 3.09. The molecular weight excluding hydrogens is 1260 g/mol. The third-order valence-electron chi connectivity index (χ3n) is 15.0. The number of rotatable bonds is 12. The number of quaternary nitrogens is 4. The second-order valence-corrected chi connectivity index (χ2v) is 24.9. The Kier molecular flexibility index (Phi) is 19.1. The van der Waals surface area contributed by atoms with Crippen molar-refractivity contribution < 1.29 is 38.4 Å². The van der Waals surface area contributed by atoms with Crippen LogP contribution in [0.25, 0.3) is 89.7 Å². The molecule has 450 valence electrons. The van der Waals surface area contributed by atoms with E-state index in [0.717, 1.165) is 66.5 Å². The average Bonchev–Trinajstić information content (AvgIpc) is 1.66. The van der Waals surface area contributed by atoms with E-state index in [2.05, 4.69) is 143 Å². The van der Waals surface area contributed by atoms with Gasteiger partial charge in [-0.1, -0.05) is 24.3 Å². The molecule has 0 amide bonds. The van der Waals surface area contributed by atoms with Crippen molar-refractivity contribution in [1.29, 1.82) is 0 Å². The molecule has 16 nitrogen and oxygen atoms in total. The molecule has 2 aliphatic rings.